The molecule has 146 valence electrons. The number of aliphatic carboxylic acids is 2. The van der Waals surface area contributed by atoms with Gasteiger partial charge < -0.3 is 20.1 Å². The molecule has 3 N–H and O–H groups in total. The summed E-state index contributed by atoms with van der Waals surface area (Å²) >= 11 is 0. The number of hydrogen-bond acceptors (Lipinski definition) is 5. The van der Waals surface area contributed by atoms with Crippen LogP contribution in [0.15, 0.2) is 0 Å². The van der Waals surface area contributed by atoms with Gasteiger partial charge in [0.1, 0.15) is 6.10 Å². The molecule has 0 rings (SSSR count). The second-order valence-corrected chi connectivity index (χ2v) is 6.54. The molecule has 0 bridgehead atoms. The number of ether oxygens (including phenoxy) is 1. The molecule has 7 heteroatoms. The maximum absolute atomic E-state index is 12.0. The molecule has 0 heterocycles. The van der Waals surface area contributed by atoms with Crippen LogP contribution in [0.5, 0.6) is 0 Å². The standard InChI is InChI=1S/C18H32O7/c1-3-5-7-8-9-11-14(10-6-4-2)25-16(21)13-18(24,17(22)23)12-15(19)20/h14,24H,3-13H2,1-2H3,(H,19,20)(H,22,23). The molecule has 0 aromatic rings. The average Bonchev–Trinajstić information content (AvgIpc) is 2.50. The summed E-state index contributed by atoms with van der Waals surface area (Å²) in [6, 6.07) is 0. The van der Waals surface area contributed by atoms with Crippen molar-refractivity contribution in [2.75, 3.05) is 0 Å². The number of carboxylic acid groups (broad SMARTS) is 2. The molecule has 2 unspecified atom stereocenters. The SMILES string of the molecule is CCCCCCCC(CCCC)OC(=O)CC(O)(CC(=O)O)C(=O)O. The zero-order valence-electron chi connectivity index (χ0n) is 15.3. The summed E-state index contributed by atoms with van der Waals surface area (Å²) in [5.74, 6) is -4.10. The lowest BCUT2D eigenvalue weighted by Crippen LogP contribution is -2.43. The Morgan fingerprint density at radius 1 is 0.880 bits per heavy atom. The fourth-order valence-electron chi connectivity index (χ4n) is 2.60. The number of unbranched alkanes of at least 4 members (excludes halogenated alkanes) is 5. The number of hydrogen-bond donors (Lipinski definition) is 3. The van der Waals surface area contributed by atoms with Gasteiger partial charge in [0.2, 0.25) is 0 Å². The predicted molar refractivity (Wildman–Crippen MR) is 92.2 cm³/mol. The Morgan fingerprint density at radius 2 is 1.44 bits per heavy atom. The van der Waals surface area contributed by atoms with Crippen LogP contribution in [0.2, 0.25) is 0 Å². The first-order valence-electron chi connectivity index (χ1n) is 9.12. The van der Waals surface area contributed by atoms with E-state index in [1.165, 1.54) is 6.42 Å². The molecule has 0 aliphatic rings. The zero-order valence-corrected chi connectivity index (χ0v) is 15.3. The van der Waals surface area contributed by atoms with Gasteiger partial charge in [-0.05, 0) is 19.3 Å². The van der Waals surface area contributed by atoms with E-state index < -0.39 is 36.4 Å². The van der Waals surface area contributed by atoms with Crippen molar-refractivity contribution >= 4 is 17.9 Å². The van der Waals surface area contributed by atoms with Gasteiger partial charge in [0.25, 0.3) is 0 Å². The minimum atomic E-state index is -2.64. The Hall–Kier alpha value is -1.63. The number of rotatable bonds is 15. The van der Waals surface area contributed by atoms with E-state index in [9.17, 15) is 19.5 Å². The van der Waals surface area contributed by atoms with E-state index in [2.05, 4.69) is 6.92 Å². The average molecular weight is 360 g/mol. The van der Waals surface area contributed by atoms with Crippen molar-refractivity contribution in [3.8, 4) is 0 Å². The minimum Gasteiger partial charge on any atom is -0.481 e. The lowest BCUT2D eigenvalue weighted by molar-refractivity contribution is -0.173. The van der Waals surface area contributed by atoms with E-state index in [0.29, 0.717) is 12.8 Å². The maximum Gasteiger partial charge on any atom is 0.336 e. The lowest BCUT2D eigenvalue weighted by Gasteiger charge is -2.23. The van der Waals surface area contributed by atoms with Gasteiger partial charge in [-0.2, -0.15) is 0 Å². The van der Waals surface area contributed by atoms with Crippen LogP contribution in [0.3, 0.4) is 0 Å². The Morgan fingerprint density at radius 3 is 1.96 bits per heavy atom. The van der Waals surface area contributed by atoms with E-state index >= 15 is 0 Å². The number of carbonyl (C=O) groups excluding carboxylic acids is 1. The molecule has 0 aliphatic carbocycles. The van der Waals surface area contributed by atoms with E-state index in [1.807, 2.05) is 6.92 Å². The summed E-state index contributed by atoms with van der Waals surface area (Å²) in [6.45, 7) is 4.16. The topological polar surface area (TPSA) is 121 Å². The summed E-state index contributed by atoms with van der Waals surface area (Å²) in [5.41, 5.74) is -2.64. The van der Waals surface area contributed by atoms with Crippen molar-refractivity contribution < 1.29 is 34.4 Å². The van der Waals surface area contributed by atoms with Crippen molar-refractivity contribution in [3.05, 3.63) is 0 Å². The van der Waals surface area contributed by atoms with Crippen molar-refractivity contribution in [3.63, 3.8) is 0 Å². The van der Waals surface area contributed by atoms with Crippen molar-refractivity contribution in [2.24, 2.45) is 0 Å². The van der Waals surface area contributed by atoms with Gasteiger partial charge in [0, 0.05) is 0 Å². The van der Waals surface area contributed by atoms with E-state index in [1.54, 1.807) is 0 Å². The largest absolute Gasteiger partial charge is 0.481 e. The highest BCUT2D eigenvalue weighted by atomic mass is 16.5. The van der Waals surface area contributed by atoms with Crippen LogP contribution in [0.4, 0.5) is 0 Å². The Kier molecular flexibility index (Phi) is 11.9. The number of esters is 1. The van der Waals surface area contributed by atoms with Crippen LogP contribution in [0, 0.1) is 0 Å². The third-order valence-corrected chi connectivity index (χ3v) is 4.09. The normalized spacial score (nSPS) is 14.5. The fraction of sp³-hybridized carbons (Fsp3) is 0.833. The van der Waals surface area contributed by atoms with Gasteiger partial charge in [-0.15, -0.1) is 0 Å². The van der Waals surface area contributed by atoms with E-state index in [-0.39, 0.29) is 6.10 Å². The highest BCUT2D eigenvalue weighted by molar-refractivity contribution is 5.88. The van der Waals surface area contributed by atoms with Crippen molar-refractivity contribution in [2.45, 2.75) is 96.2 Å². The molecule has 0 saturated heterocycles. The van der Waals surface area contributed by atoms with Gasteiger partial charge in [-0.3, -0.25) is 9.59 Å². The van der Waals surface area contributed by atoms with Crippen LogP contribution < -0.4 is 0 Å². The molecule has 0 aromatic carbocycles. The molecule has 0 aliphatic heterocycles. The Balaban J connectivity index is 4.60. The molecule has 2 atom stereocenters. The molecule has 0 saturated carbocycles. The quantitative estimate of drug-likeness (QED) is 0.303. The summed E-state index contributed by atoms with van der Waals surface area (Å²) in [7, 11) is 0. The number of carboxylic acids is 2. The van der Waals surface area contributed by atoms with Gasteiger partial charge in [-0.1, -0.05) is 52.4 Å². The lowest BCUT2D eigenvalue weighted by atomic mass is 9.95. The highest BCUT2D eigenvalue weighted by Gasteiger charge is 2.41. The third-order valence-electron chi connectivity index (χ3n) is 4.09. The second-order valence-electron chi connectivity index (χ2n) is 6.54. The van der Waals surface area contributed by atoms with E-state index in [4.69, 9.17) is 14.9 Å². The van der Waals surface area contributed by atoms with Crippen LogP contribution in [0.1, 0.15) is 84.5 Å². The molecule has 7 nitrogen and oxygen atoms in total. The second kappa shape index (κ2) is 12.7. The Bertz CT molecular complexity index is 422. The predicted octanol–water partition coefficient (Wildman–Crippen LogP) is 3.13. The van der Waals surface area contributed by atoms with Crippen LogP contribution >= 0.6 is 0 Å². The molecule has 0 aromatic heterocycles. The monoisotopic (exact) mass is 360 g/mol. The van der Waals surface area contributed by atoms with Crippen LogP contribution in [-0.2, 0) is 19.1 Å². The number of aliphatic hydroxyl groups is 1. The molecule has 0 radical (unpaired) electrons. The molecule has 0 amide bonds. The first-order valence-corrected chi connectivity index (χ1v) is 9.12. The Labute approximate surface area is 149 Å². The first kappa shape index (κ1) is 23.4. The van der Waals surface area contributed by atoms with Gasteiger partial charge >= 0.3 is 17.9 Å². The van der Waals surface area contributed by atoms with Gasteiger partial charge in [-0.25, -0.2) is 4.79 Å². The van der Waals surface area contributed by atoms with Crippen LogP contribution in [-0.4, -0.2) is 44.9 Å². The summed E-state index contributed by atoms with van der Waals surface area (Å²) in [4.78, 5) is 33.8. The zero-order chi connectivity index (χ0) is 19.3. The van der Waals surface area contributed by atoms with Crippen molar-refractivity contribution in [1.82, 2.24) is 0 Å². The van der Waals surface area contributed by atoms with E-state index in [0.717, 1.165) is 38.5 Å². The fourth-order valence-corrected chi connectivity index (χ4v) is 2.60. The third kappa shape index (κ3) is 10.8. The minimum absolute atomic E-state index is 0.322. The van der Waals surface area contributed by atoms with Crippen molar-refractivity contribution in [1.29, 1.82) is 0 Å². The maximum atomic E-state index is 12.0. The van der Waals surface area contributed by atoms with Crippen LogP contribution in [0.25, 0.3) is 0 Å². The highest BCUT2D eigenvalue weighted by Crippen LogP contribution is 2.20. The summed E-state index contributed by atoms with van der Waals surface area (Å²) in [6.07, 6.45) is 6.37. The molecular formula is C18H32O7. The summed E-state index contributed by atoms with van der Waals surface area (Å²) in [5, 5.41) is 27.6. The molecule has 0 fully saturated rings. The smallest absolute Gasteiger partial charge is 0.336 e. The number of carbonyl (C=O) groups is 3. The van der Waals surface area contributed by atoms with Gasteiger partial charge in [0.05, 0.1) is 12.8 Å². The molecular weight excluding hydrogens is 328 g/mol. The molecule has 0 spiro atoms. The summed E-state index contributed by atoms with van der Waals surface area (Å²) < 4.78 is 5.33. The first-order chi connectivity index (χ1) is 11.7. The molecule has 25 heavy (non-hydrogen) atoms. The van der Waals surface area contributed by atoms with Gasteiger partial charge in [0.15, 0.2) is 5.60 Å².